The van der Waals surface area contributed by atoms with Crippen LogP contribution in [-0.4, -0.2) is 35.5 Å². The van der Waals surface area contributed by atoms with Crippen LogP contribution in [0.25, 0.3) is 17.2 Å². The quantitative estimate of drug-likeness (QED) is 0.376. The highest BCUT2D eigenvalue weighted by Gasteiger charge is 2.32. The molecule has 1 saturated heterocycles. The van der Waals surface area contributed by atoms with Gasteiger partial charge in [-0.1, -0.05) is 42.5 Å². The molecule has 0 atom stereocenters. The standard InChI is InChI=1S/C21H18N2O3S/c1-3-11-23-20(25)17(19(24)22-21(23)27)13-14-7-6-8-15(12-14)16-9-4-5-10-18(16)26-2/h3-10,12-13H,1,11H2,2H3,(H,22,24,27). The maximum absolute atomic E-state index is 12.6. The molecule has 3 rings (SSSR count). The number of methoxy groups -OCH3 is 1. The normalized spacial score (nSPS) is 15.7. The van der Waals surface area contributed by atoms with Gasteiger partial charge in [-0.05, 0) is 41.6 Å². The van der Waals surface area contributed by atoms with Gasteiger partial charge in [-0.25, -0.2) is 0 Å². The van der Waals surface area contributed by atoms with Gasteiger partial charge < -0.3 is 4.74 Å². The smallest absolute Gasteiger partial charge is 0.265 e. The van der Waals surface area contributed by atoms with Gasteiger partial charge in [-0.15, -0.1) is 6.58 Å². The van der Waals surface area contributed by atoms with E-state index in [-0.39, 0.29) is 17.2 Å². The molecular formula is C21H18N2O3S. The lowest BCUT2D eigenvalue weighted by Gasteiger charge is -2.27. The average Bonchev–Trinajstić information content (AvgIpc) is 2.68. The van der Waals surface area contributed by atoms with Crippen LogP contribution in [0.15, 0.2) is 66.8 Å². The number of hydrogen-bond acceptors (Lipinski definition) is 4. The molecule has 2 aromatic rings. The molecule has 6 heteroatoms. The zero-order chi connectivity index (χ0) is 19.4. The number of para-hydroxylation sites is 1. The van der Waals surface area contributed by atoms with Crippen LogP contribution in [0.5, 0.6) is 5.75 Å². The van der Waals surface area contributed by atoms with Crippen LogP contribution in [0, 0.1) is 0 Å². The number of nitrogens with one attached hydrogen (secondary N) is 1. The van der Waals surface area contributed by atoms with E-state index >= 15 is 0 Å². The highest BCUT2D eigenvalue weighted by Crippen LogP contribution is 2.30. The van der Waals surface area contributed by atoms with Crippen molar-refractivity contribution in [1.29, 1.82) is 0 Å². The van der Waals surface area contributed by atoms with E-state index in [0.29, 0.717) is 0 Å². The van der Waals surface area contributed by atoms with E-state index in [2.05, 4.69) is 11.9 Å². The summed E-state index contributed by atoms with van der Waals surface area (Å²) >= 11 is 5.06. The van der Waals surface area contributed by atoms with Gasteiger partial charge in [0.15, 0.2) is 5.11 Å². The van der Waals surface area contributed by atoms with Gasteiger partial charge in [0.1, 0.15) is 11.3 Å². The van der Waals surface area contributed by atoms with Crippen molar-refractivity contribution < 1.29 is 14.3 Å². The third kappa shape index (κ3) is 3.80. The van der Waals surface area contributed by atoms with E-state index < -0.39 is 11.8 Å². The monoisotopic (exact) mass is 378 g/mol. The zero-order valence-corrected chi connectivity index (χ0v) is 15.6. The van der Waals surface area contributed by atoms with E-state index in [1.54, 1.807) is 19.3 Å². The fraction of sp³-hybridized carbons (Fsp3) is 0.0952. The molecule has 27 heavy (non-hydrogen) atoms. The topological polar surface area (TPSA) is 58.6 Å². The molecule has 136 valence electrons. The summed E-state index contributed by atoms with van der Waals surface area (Å²) < 4.78 is 5.41. The summed E-state index contributed by atoms with van der Waals surface area (Å²) in [6.07, 6.45) is 3.12. The number of carbonyl (C=O) groups excluding carboxylic acids is 2. The molecule has 0 bridgehead atoms. The molecule has 0 radical (unpaired) electrons. The second-order valence-electron chi connectivity index (χ2n) is 5.85. The van der Waals surface area contributed by atoms with Crippen LogP contribution in [-0.2, 0) is 9.59 Å². The largest absolute Gasteiger partial charge is 0.496 e. The third-order valence-electron chi connectivity index (χ3n) is 4.11. The number of ether oxygens (including phenoxy) is 1. The Bertz CT molecular complexity index is 965. The number of benzene rings is 2. The molecule has 1 heterocycles. The Kier molecular flexibility index (Phi) is 5.47. The predicted molar refractivity (Wildman–Crippen MR) is 109 cm³/mol. The van der Waals surface area contributed by atoms with E-state index in [9.17, 15) is 9.59 Å². The van der Waals surface area contributed by atoms with Gasteiger partial charge in [0.05, 0.1) is 7.11 Å². The van der Waals surface area contributed by atoms with E-state index in [1.165, 1.54) is 4.90 Å². The number of amides is 2. The second-order valence-corrected chi connectivity index (χ2v) is 6.23. The van der Waals surface area contributed by atoms with Crippen molar-refractivity contribution in [3.05, 3.63) is 72.3 Å². The van der Waals surface area contributed by atoms with Crippen LogP contribution >= 0.6 is 12.2 Å². The van der Waals surface area contributed by atoms with Crippen molar-refractivity contribution in [3.63, 3.8) is 0 Å². The van der Waals surface area contributed by atoms with Crippen molar-refractivity contribution in [2.45, 2.75) is 0 Å². The van der Waals surface area contributed by atoms with E-state index in [4.69, 9.17) is 17.0 Å². The van der Waals surface area contributed by atoms with Crippen LogP contribution in [0.2, 0.25) is 0 Å². The predicted octanol–water partition coefficient (Wildman–Crippen LogP) is 3.17. The summed E-state index contributed by atoms with van der Waals surface area (Å²) in [5, 5.41) is 2.63. The summed E-state index contributed by atoms with van der Waals surface area (Å²) in [6, 6.07) is 15.2. The number of rotatable bonds is 5. The first-order chi connectivity index (χ1) is 13.0. The summed E-state index contributed by atoms with van der Waals surface area (Å²) in [6.45, 7) is 3.85. The zero-order valence-electron chi connectivity index (χ0n) is 14.8. The Morgan fingerprint density at radius 2 is 1.96 bits per heavy atom. The highest BCUT2D eigenvalue weighted by molar-refractivity contribution is 7.80. The molecule has 0 spiro atoms. The van der Waals surface area contributed by atoms with Gasteiger partial charge in [0, 0.05) is 12.1 Å². The van der Waals surface area contributed by atoms with Gasteiger partial charge in [-0.2, -0.15) is 0 Å². The maximum Gasteiger partial charge on any atom is 0.265 e. The minimum atomic E-state index is -0.506. The SMILES string of the molecule is C=CCN1C(=O)C(=Cc2cccc(-c3ccccc3OC)c2)C(=O)NC1=S. The van der Waals surface area contributed by atoms with Crippen molar-refractivity contribution in [1.82, 2.24) is 10.2 Å². The molecule has 0 unspecified atom stereocenters. The van der Waals surface area contributed by atoms with Gasteiger partial charge in [0.25, 0.3) is 11.8 Å². The van der Waals surface area contributed by atoms with Crippen molar-refractivity contribution in [3.8, 4) is 16.9 Å². The van der Waals surface area contributed by atoms with Crippen LogP contribution in [0.1, 0.15) is 5.56 Å². The third-order valence-corrected chi connectivity index (χ3v) is 4.44. The Balaban J connectivity index is 1.99. The lowest BCUT2D eigenvalue weighted by Crippen LogP contribution is -2.53. The first-order valence-corrected chi connectivity index (χ1v) is 8.69. The molecular weight excluding hydrogens is 360 g/mol. The Morgan fingerprint density at radius 1 is 1.19 bits per heavy atom. The van der Waals surface area contributed by atoms with Crippen molar-refractivity contribution in [2.75, 3.05) is 13.7 Å². The maximum atomic E-state index is 12.6. The molecule has 1 aliphatic heterocycles. The fourth-order valence-corrected chi connectivity index (χ4v) is 3.08. The molecule has 1 aliphatic rings. The second kappa shape index (κ2) is 7.97. The minimum absolute atomic E-state index is 0.0302. The molecule has 0 aliphatic carbocycles. The lowest BCUT2D eigenvalue weighted by atomic mass is 10.0. The molecule has 2 amide bonds. The average molecular weight is 378 g/mol. The Hall–Kier alpha value is -3.25. The van der Waals surface area contributed by atoms with Crippen molar-refractivity contribution >= 4 is 35.2 Å². The number of carbonyl (C=O) groups is 2. The molecule has 1 fully saturated rings. The Morgan fingerprint density at radius 3 is 2.70 bits per heavy atom. The highest BCUT2D eigenvalue weighted by atomic mass is 32.1. The van der Waals surface area contributed by atoms with E-state index in [0.717, 1.165) is 22.4 Å². The number of hydrogen-bond donors (Lipinski definition) is 1. The van der Waals surface area contributed by atoms with Gasteiger partial charge in [-0.3, -0.25) is 19.8 Å². The number of nitrogens with zero attached hydrogens (tertiary/aromatic N) is 1. The van der Waals surface area contributed by atoms with Gasteiger partial charge in [0.2, 0.25) is 0 Å². The molecule has 1 N–H and O–H groups in total. The summed E-state index contributed by atoms with van der Waals surface area (Å²) in [5.41, 5.74) is 2.60. The van der Waals surface area contributed by atoms with Crippen LogP contribution in [0.4, 0.5) is 0 Å². The summed E-state index contributed by atoms with van der Waals surface area (Å²) in [4.78, 5) is 26.2. The molecule has 5 nitrogen and oxygen atoms in total. The summed E-state index contributed by atoms with van der Waals surface area (Å²) in [5.74, 6) is -0.198. The first kappa shape index (κ1) is 18.5. The van der Waals surface area contributed by atoms with E-state index in [1.807, 2.05) is 48.5 Å². The van der Waals surface area contributed by atoms with Crippen LogP contribution in [0.3, 0.4) is 0 Å². The fourth-order valence-electron chi connectivity index (χ4n) is 2.83. The first-order valence-electron chi connectivity index (χ1n) is 8.28. The van der Waals surface area contributed by atoms with Gasteiger partial charge >= 0.3 is 0 Å². The van der Waals surface area contributed by atoms with Crippen molar-refractivity contribution in [2.24, 2.45) is 0 Å². The number of thiocarbonyl (C=S) groups is 1. The molecule has 0 aromatic heterocycles. The van der Waals surface area contributed by atoms with Crippen LogP contribution < -0.4 is 10.1 Å². The lowest BCUT2D eigenvalue weighted by molar-refractivity contribution is -0.128. The Labute approximate surface area is 162 Å². The summed E-state index contributed by atoms with van der Waals surface area (Å²) in [7, 11) is 1.62. The molecule has 0 saturated carbocycles. The minimum Gasteiger partial charge on any atom is -0.496 e. The molecule has 2 aromatic carbocycles.